The first kappa shape index (κ1) is 21.9. The molecule has 5 aromatic rings. The standard InChI is InChI=1S/C35H32/c1-4-5-8-24-11-13-26(14-12-24)29-17-19-31-32-20-18-30(23-34(32)35(2,3)33(31)22-29)28-16-15-25-9-6-7-10-27(25)21-28/h6-7,9-23H,4-5,8H2,1-3H3. The smallest absolute Gasteiger partial charge is 0.0159 e. The van der Waals surface area contributed by atoms with Crippen LogP contribution in [0.15, 0.2) is 103 Å². The topological polar surface area (TPSA) is 0 Å². The summed E-state index contributed by atoms with van der Waals surface area (Å²) in [6.07, 6.45) is 3.67. The van der Waals surface area contributed by atoms with Crippen LogP contribution in [-0.4, -0.2) is 0 Å². The lowest BCUT2D eigenvalue weighted by Crippen LogP contribution is -2.15. The average Bonchev–Trinajstić information content (AvgIpc) is 3.13. The molecule has 1 aliphatic carbocycles. The van der Waals surface area contributed by atoms with E-state index in [1.165, 1.54) is 80.1 Å². The van der Waals surface area contributed by atoms with Gasteiger partial charge in [0.05, 0.1) is 0 Å². The Morgan fingerprint density at radius 3 is 1.74 bits per heavy atom. The van der Waals surface area contributed by atoms with E-state index in [1.54, 1.807) is 0 Å². The van der Waals surface area contributed by atoms with Crippen LogP contribution in [0.1, 0.15) is 50.3 Å². The third-order valence-corrected chi connectivity index (χ3v) is 7.87. The highest BCUT2D eigenvalue weighted by Gasteiger charge is 2.35. The van der Waals surface area contributed by atoms with Crippen molar-refractivity contribution in [2.45, 2.75) is 45.4 Å². The number of rotatable bonds is 5. The molecule has 0 heteroatoms. The molecule has 0 saturated carbocycles. The van der Waals surface area contributed by atoms with Gasteiger partial charge in [-0.3, -0.25) is 0 Å². The zero-order valence-corrected chi connectivity index (χ0v) is 20.9. The molecule has 0 amide bonds. The number of hydrogen-bond acceptors (Lipinski definition) is 0. The van der Waals surface area contributed by atoms with E-state index in [0.717, 1.165) is 0 Å². The van der Waals surface area contributed by atoms with E-state index < -0.39 is 0 Å². The second-order valence-electron chi connectivity index (χ2n) is 10.5. The van der Waals surface area contributed by atoms with E-state index >= 15 is 0 Å². The molecule has 0 N–H and O–H groups in total. The van der Waals surface area contributed by atoms with Crippen molar-refractivity contribution in [3.63, 3.8) is 0 Å². The van der Waals surface area contributed by atoms with Crippen molar-refractivity contribution >= 4 is 10.8 Å². The molecule has 0 aliphatic heterocycles. The lowest BCUT2D eigenvalue weighted by Gasteiger charge is -2.22. The Labute approximate surface area is 209 Å². The van der Waals surface area contributed by atoms with E-state index in [2.05, 4.69) is 124 Å². The molecule has 0 aromatic heterocycles. The van der Waals surface area contributed by atoms with Crippen molar-refractivity contribution in [3.8, 4) is 33.4 Å². The second kappa shape index (κ2) is 8.54. The SMILES string of the molecule is CCCCc1ccc(-c2ccc3c(c2)C(C)(C)c2cc(-c4ccc5ccccc5c4)ccc2-3)cc1. The fourth-order valence-electron chi connectivity index (χ4n) is 5.71. The zero-order chi connectivity index (χ0) is 24.0. The van der Waals surface area contributed by atoms with Crippen LogP contribution in [-0.2, 0) is 11.8 Å². The highest BCUT2D eigenvalue weighted by molar-refractivity contribution is 5.89. The maximum Gasteiger partial charge on any atom is 0.0159 e. The highest BCUT2D eigenvalue weighted by atomic mass is 14.4. The molecule has 1 aliphatic rings. The van der Waals surface area contributed by atoms with Gasteiger partial charge in [-0.15, -0.1) is 0 Å². The van der Waals surface area contributed by atoms with E-state index in [-0.39, 0.29) is 5.41 Å². The Bertz CT molecular complexity index is 1530. The summed E-state index contributed by atoms with van der Waals surface area (Å²) in [5, 5.41) is 2.58. The Kier molecular flexibility index (Phi) is 5.33. The molecule has 0 nitrogen and oxygen atoms in total. The third kappa shape index (κ3) is 3.78. The summed E-state index contributed by atoms with van der Waals surface area (Å²) in [6, 6.07) is 38.7. The maximum atomic E-state index is 2.42. The predicted octanol–water partition coefficient (Wildman–Crippen LogP) is 9.82. The lowest BCUT2D eigenvalue weighted by molar-refractivity contribution is 0.661. The third-order valence-electron chi connectivity index (χ3n) is 7.87. The van der Waals surface area contributed by atoms with Crippen LogP contribution in [0.4, 0.5) is 0 Å². The highest BCUT2D eigenvalue weighted by Crippen LogP contribution is 2.50. The van der Waals surface area contributed by atoms with Gasteiger partial charge < -0.3 is 0 Å². The second-order valence-corrected chi connectivity index (χ2v) is 10.5. The van der Waals surface area contributed by atoms with Gasteiger partial charge in [0.2, 0.25) is 0 Å². The van der Waals surface area contributed by atoms with Gasteiger partial charge in [0.15, 0.2) is 0 Å². The predicted molar refractivity (Wildman–Crippen MR) is 151 cm³/mol. The minimum atomic E-state index is -0.0331. The number of unbranched alkanes of at least 4 members (excludes halogenated alkanes) is 1. The van der Waals surface area contributed by atoms with Gasteiger partial charge in [-0.25, -0.2) is 0 Å². The van der Waals surface area contributed by atoms with E-state index in [0.29, 0.717) is 0 Å². The summed E-state index contributed by atoms with van der Waals surface area (Å²) in [4.78, 5) is 0. The van der Waals surface area contributed by atoms with Crippen molar-refractivity contribution in [2.24, 2.45) is 0 Å². The average molecular weight is 453 g/mol. The molecule has 5 aromatic carbocycles. The van der Waals surface area contributed by atoms with Gasteiger partial charge in [-0.2, -0.15) is 0 Å². The molecular weight excluding hydrogens is 420 g/mol. The molecule has 0 spiro atoms. The van der Waals surface area contributed by atoms with E-state index in [1.807, 2.05) is 0 Å². The molecule has 0 radical (unpaired) electrons. The van der Waals surface area contributed by atoms with Crippen molar-refractivity contribution in [1.29, 1.82) is 0 Å². The molecule has 35 heavy (non-hydrogen) atoms. The summed E-state index contributed by atoms with van der Waals surface area (Å²) in [5.41, 5.74) is 12.2. The van der Waals surface area contributed by atoms with Crippen LogP contribution in [0.3, 0.4) is 0 Å². The minimum absolute atomic E-state index is 0.0331. The number of fused-ring (bicyclic) bond motifs is 4. The summed E-state index contributed by atoms with van der Waals surface area (Å²) >= 11 is 0. The molecule has 0 fully saturated rings. The quantitative estimate of drug-likeness (QED) is 0.249. The van der Waals surface area contributed by atoms with Crippen LogP contribution in [0.25, 0.3) is 44.2 Å². The van der Waals surface area contributed by atoms with Crippen LogP contribution >= 0.6 is 0 Å². The molecule has 0 atom stereocenters. The maximum absolute atomic E-state index is 2.42. The monoisotopic (exact) mass is 452 g/mol. The zero-order valence-electron chi connectivity index (χ0n) is 20.9. The number of hydrogen-bond donors (Lipinski definition) is 0. The summed E-state index contributed by atoms with van der Waals surface area (Å²) in [7, 11) is 0. The normalized spacial score (nSPS) is 13.6. The van der Waals surface area contributed by atoms with Crippen LogP contribution in [0, 0.1) is 0 Å². The Balaban J connectivity index is 1.37. The first-order chi connectivity index (χ1) is 17.0. The molecule has 0 heterocycles. The first-order valence-electron chi connectivity index (χ1n) is 12.9. The van der Waals surface area contributed by atoms with Crippen molar-refractivity contribution in [1.82, 2.24) is 0 Å². The summed E-state index contributed by atoms with van der Waals surface area (Å²) in [5.74, 6) is 0. The Morgan fingerprint density at radius 2 is 1.09 bits per heavy atom. The molecule has 6 rings (SSSR count). The van der Waals surface area contributed by atoms with E-state index in [9.17, 15) is 0 Å². The van der Waals surface area contributed by atoms with Crippen molar-refractivity contribution < 1.29 is 0 Å². The van der Waals surface area contributed by atoms with Gasteiger partial charge in [0.1, 0.15) is 0 Å². The fraction of sp³-hybridized carbons (Fsp3) is 0.200. The van der Waals surface area contributed by atoms with Gasteiger partial charge in [0.25, 0.3) is 0 Å². The molecule has 172 valence electrons. The minimum Gasteiger partial charge on any atom is -0.0654 e. The molecule has 0 saturated heterocycles. The summed E-state index contributed by atoms with van der Waals surface area (Å²) < 4.78 is 0. The lowest BCUT2D eigenvalue weighted by atomic mass is 9.80. The Morgan fingerprint density at radius 1 is 0.543 bits per heavy atom. The van der Waals surface area contributed by atoms with Crippen LogP contribution < -0.4 is 0 Å². The molecule has 0 bridgehead atoms. The number of aryl methyl sites for hydroxylation is 1. The van der Waals surface area contributed by atoms with Crippen molar-refractivity contribution in [3.05, 3.63) is 120 Å². The summed E-state index contributed by atoms with van der Waals surface area (Å²) in [6.45, 7) is 7.00. The van der Waals surface area contributed by atoms with Crippen molar-refractivity contribution in [2.75, 3.05) is 0 Å². The Hall–Kier alpha value is -3.64. The van der Waals surface area contributed by atoms with Crippen LogP contribution in [0.5, 0.6) is 0 Å². The van der Waals surface area contributed by atoms with Gasteiger partial charge in [-0.05, 0) is 91.9 Å². The molecular formula is C35H32. The largest absolute Gasteiger partial charge is 0.0654 e. The fourth-order valence-corrected chi connectivity index (χ4v) is 5.71. The van der Waals surface area contributed by atoms with Gasteiger partial charge in [-0.1, -0.05) is 112 Å². The first-order valence-corrected chi connectivity index (χ1v) is 12.9. The van der Waals surface area contributed by atoms with E-state index in [4.69, 9.17) is 0 Å². The van der Waals surface area contributed by atoms with Gasteiger partial charge >= 0.3 is 0 Å². The van der Waals surface area contributed by atoms with Gasteiger partial charge in [0, 0.05) is 5.41 Å². The molecule has 0 unspecified atom stereocenters. The number of benzene rings is 5. The van der Waals surface area contributed by atoms with Crippen LogP contribution in [0.2, 0.25) is 0 Å².